The number of hydrogen-bond donors (Lipinski definition) is 2. The van der Waals surface area contributed by atoms with E-state index in [1.807, 2.05) is 0 Å². The molecular weight excluding hydrogens is 384 g/mol. The Labute approximate surface area is 178 Å². The zero-order valence-corrected chi connectivity index (χ0v) is 18.1. The zero-order valence-electron chi connectivity index (χ0n) is 18.1. The summed E-state index contributed by atoms with van der Waals surface area (Å²) >= 11 is 0. The Kier molecular flexibility index (Phi) is 4.56. The van der Waals surface area contributed by atoms with E-state index in [0.29, 0.717) is 32.3 Å². The highest BCUT2D eigenvalue weighted by Gasteiger charge is 2.71. The molecule has 1 heterocycles. The molecule has 30 heavy (non-hydrogen) atoms. The molecule has 4 aliphatic carbocycles. The predicted molar refractivity (Wildman–Crippen MR) is 108 cm³/mol. The van der Waals surface area contributed by atoms with Crippen LogP contribution in [0.4, 0.5) is 0 Å². The van der Waals surface area contributed by atoms with Gasteiger partial charge in [0, 0.05) is 25.0 Å². The molecule has 2 unspecified atom stereocenters. The zero-order chi connectivity index (χ0) is 21.4. The fourth-order valence-corrected chi connectivity index (χ4v) is 8.52. The topological polar surface area (TPSA) is 93.1 Å². The molecule has 0 saturated heterocycles. The maximum absolute atomic E-state index is 12.6. The molecule has 0 spiro atoms. The second-order valence-electron chi connectivity index (χ2n) is 10.8. The minimum Gasteiger partial charge on any atom is -0.458 e. The summed E-state index contributed by atoms with van der Waals surface area (Å²) in [6.07, 6.45) is 8.89. The normalized spacial score (nSPS) is 52.7. The van der Waals surface area contributed by atoms with Gasteiger partial charge in [0.05, 0.1) is 22.7 Å². The third-order valence-electron chi connectivity index (χ3n) is 10.2. The predicted octanol–water partition coefficient (Wildman–Crippen LogP) is 2.55. The summed E-state index contributed by atoms with van der Waals surface area (Å²) in [5, 5.41) is 23.8. The highest BCUT2D eigenvalue weighted by Crippen LogP contribution is 2.70. The van der Waals surface area contributed by atoms with Gasteiger partial charge in [0.2, 0.25) is 0 Å². The lowest BCUT2D eigenvalue weighted by Crippen LogP contribution is -2.68. The highest BCUT2D eigenvalue weighted by molar-refractivity contribution is 5.85. The summed E-state index contributed by atoms with van der Waals surface area (Å²) < 4.78 is 10.7. The Bertz CT molecular complexity index is 793. The van der Waals surface area contributed by atoms with Gasteiger partial charge >= 0.3 is 5.97 Å². The number of aliphatic hydroxyl groups is 2. The van der Waals surface area contributed by atoms with E-state index in [9.17, 15) is 19.8 Å². The van der Waals surface area contributed by atoms with Gasteiger partial charge in [-0.15, -0.1) is 0 Å². The standard InChI is InChI=1S/C24H34O6/c1-21-7-4-18-19(24(21,28)10-6-17(21)15-11-20(26)30-13-15)5-9-23(27)12-16(29-2)3-8-22(18,23)14-25/h11,14,16-19,27-28H,3-10,12-13H2,1-2H3/t16-,17+,18?,19?,21+,22-,23-,24-/m0/s1. The second kappa shape index (κ2) is 6.63. The Morgan fingerprint density at radius 3 is 2.53 bits per heavy atom. The van der Waals surface area contributed by atoms with Gasteiger partial charge in [-0.3, -0.25) is 0 Å². The molecule has 166 valence electrons. The van der Waals surface area contributed by atoms with E-state index in [2.05, 4.69) is 6.92 Å². The fraction of sp³-hybridized carbons (Fsp3) is 0.833. The quantitative estimate of drug-likeness (QED) is 0.541. The lowest BCUT2D eigenvalue weighted by atomic mass is 9.41. The van der Waals surface area contributed by atoms with Crippen molar-refractivity contribution in [3.05, 3.63) is 11.6 Å². The van der Waals surface area contributed by atoms with Crippen molar-refractivity contribution >= 4 is 12.3 Å². The first kappa shape index (κ1) is 20.7. The Hall–Kier alpha value is -1.24. The van der Waals surface area contributed by atoms with Crippen molar-refractivity contribution in [3.8, 4) is 0 Å². The number of carbonyl (C=O) groups excluding carboxylic acids is 2. The lowest BCUT2D eigenvalue weighted by molar-refractivity contribution is -0.249. The van der Waals surface area contributed by atoms with E-state index in [0.717, 1.165) is 44.0 Å². The number of esters is 1. The van der Waals surface area contributed by atoms with E-state index in [-0.39, 0.29) is 35.2 Å². The molecule has 0 aromatic heterocycles. The van der Waals surface area contributed by atoms with Crippen LogP contribution in [0.2, 0.25) is 0 Å². The molecule has 0 amide bonds. The van der Waals surface area contributed by atoms with E-state index < -0.39 is 16.6 Å². The van der Waals surface area contributed by atoms with Crippen LogP contribution < -0.4 is 0 Å². The summed E-state index contributed by atoms with van der Waals surface area (Å²) in [5.41, 5.74) is -2.06. The molecular formula is C24H34O6. The van der Waals surface area contributed by atoms with Gasteiger partial charge in [0.25, 0.3) is 0 Å². The molecule has 5 aliphatic rings. The first-order valence-electron chi connectivity index (χ1n) is 11.5. The molecule has 0 radical (unpaired) electrons. The van der Waals surface area contributed by atoms with Crippen molar-refractivity contribution in [1.82, 2.24) is 0 Å². The minimum atomic E-state index is -1.05. The largest absolute Gasteiger partial charge is 0.458 e. The third-order valence-corrected chi connectivity index (χ3v) is 10.2. The van der Waals surface area contributed by atoms with Crippen molar-refractivity contribution < 1.29 is 29.3 Å². The Balaban J connectivity index is 1.50. The van der Waals surface area contributed by atoms with Crippen LogP contribution in [-0.2, 0) is 19.1 Å². The van der Waals surface area contributed by atoms with Crippen LogP contribution in [0.15, 0.2) is 11.6 Å². The maximum atomic E-state index is 12.6. The van der Waals surface area contributed by atoms with Crippen molar-refractivity contribution in [2.45, 2.75) is 82.0 Å². The van der Waals surface area contributed by atoms with Crippen LogP contribution in [0.1, 0.15) is 64.7 Å². The number of methoxy groups -OCH3 is 1. The second-order valence-corrected chi connectivity index (χ2v) is 10.8. The molecule has 5 rings (SSSR count). The van der Waals surface area contributed by atoms with Crippen LogP contribution in [0.3, 0.4) is 0 Å². The smallest absolute Gasteiger partial charge is 0.331 e. The molecule has 0 aromatic carbocycles. The fourth-order valence-electron chi connectivity index (χ4n) is 8.52. The number of ether oxygens (including phenoxy) is 2. The van der Waals surface area contributed by atoms with Crippen molar-refractivity contribution in [2.75, 3.05) is 13.7 Å². The molecule has 4 fully saturated rings. The van der Waals surface area contributed by atoms with Crippen LogP contribution in [0.25, 0.3) is 0 Å². The van der Waals surface area contributed by atoms with Crippen LogP contribution in [0, 0.1) is 28.6 Å². The summed E-state index contributed by atoms with van der Waals surface area (Å²) in [6.45, 7) is 2.50. The summed E-state index contributed by atoms with van der Waals surface area (Å²) in [4.78, 5) is 24.3. The summed E-state index contributed by atoms with van der Waals surface area (Å²) in [5.74, 6) is -0.175. The molecule has 6 nitrogen and oxygen atoms in total. The molecule has 6 heteroatoms. The van der Waals surface area contributed by atoms with Crippen LogP contribution in [-0.4, -0.2) is 53.5 Å². The van der Waals surface area contributed by atoms with Gasteiger partial charge in [0.15, 0.2) is 0 Å². The highest BCUT2D eigenvalue weighted by atomic mass is 16.5. The molecule has 0 aromatic rings. The Morgan fingerprint density at radius 1 is 1.10 bits per heavy atom. The van der Waals surface area contributed by atoms with Gasteiger partial charge in [-0.2, -0.15) is 0 Å². The summed E-state index contributed by atoms with van der Waals surface area (Å²) in [7, 11) is 1.67. The van der Waals surface area contributed by atoms with Crippen molar-refractivity contribution in [2.24, 2.45) is 28.6 Å². The maximum Gasteiger partial charge on any atom is 0.331 e. The average molecular weight is 419 g/mol. The molecule has 4 saturated carbocycles. The van der Waals surface area contributed by atoms with Crippen molar-refractivity contribution in [3.63, 3.8) is 0 Å². The number of fused-ring (bicyclic) bond motifs is 5. The lowest BCUT2D eigenvalue weighted by Gasteiger charge is -2.65. The first-order valence-corrected chi connectivity index (χ1v) is 11.5. The molecule has 0 bridgehead atoms. The van der Waals surface area contributed by atoms with Gasteiger partial charge in [0.1, 0.15) is 12.9 Å². The number of carbonyl (C=O) groups is 2. The third kappa shape index (κ3) is 2.41. The van der Waals surface area contributed by atoms with Gasteiger partial charge in [-0.1, -0.05) is 6.92 Å². The average Bonchev–Trinajstić information content (AvgIpc) is 3.27. The first-order chi connectivity index (χ1) is 14.2. The van der Waals surface area contributed by atoms with Crippen molar-refractivity contribution in [1.29, 1.82) is 0 Å². The number of aldehydes is 1. The monoisotopic (exact) mass is 418 g/mol. The van der Waals surface area contributed by atoms with Gasteiger partial charge < -0.3 is 24.5 Å². The van der Waals surface area contributed by atoms with Crippen LogP contribution in [0.5, 0.6) is 0 Å². The van der Waals surface area contributed by atoms with Gasteiger partial charge in [-0.25, -0.2) is 4.79 Å². The van der Waals surface area contributed by atoms with E-state index in [1.54, 1.807) is 13.2 Å². The number of rotatable bonds is 3. The van der Waals surface area contributed by atoms with E-state index in [4.69, 9.17) is 9.47 Å². The number of cyclic esters (lactones) is 1. The van der Waals surface area contributed by atoms with E-state index in [1.165, 1.54) is 0 Å². The molecule has 8 atom stereocenters. The van der Waals surface area contributed by atoms with E-state index >= 15 is 0 Å². The Morgan fingerprint density at radius 2 is 1.87 bits per heavy atom. The molecule has 2 N–H and O–H groups in total. The molecule has 1 aliphatic heterocycles. The number of hydrogen-bond acceptors (Lipinski definition) is 6. The van der Waals surface area contributed by atoms with Crippen LogP contribution >= 0.6 is 0 Å². The SMILES string of the molecule is CO[C@H]1CC[C@]2(C=O)C3CC[C@]4(C)[C@@H](C5=CC(=O)OC5)CC[C@]4(O)C3CC[C@]2(O)C1. The van der Waals surface area contributed by atoms with Gasteiger partial charge in [-0.05, 0) is 74.7 Å². The summed E-state index contributed by atoms with van der Waals surface area (Å²) in [6, 6.07) is 0. The minimum absolute atomic E-state index is 0.00978.